The van der Waals surface area contributed by atoms with E-state index in [9.17, 15) is 9.59 Å². The zero-order valence-corrected chi connectivity index (χ0v) is 20.0. The van der Waals surface area contributed by atoms with Gasteiger partial charge in [-0.25, -0.2) is 0 Å². The van der Waals surface area contributed by atoms with Crippen LogP contribution in [0.5, 0.6) is 5.75 Å². The van der Waals surface area contributed by atoms with Gasteiger partial charge in [0.15, 0.2) is 11.0 Å². The summed E-state index contributed by atoms with van der Waals surface area (Å²) in [6.07, 6.45) is 1.61. The number of ether oxygens (including phenoxy) is 1. The molecule has 2 aromatic carbocycles. The van der Waals surface area contributed by atoms with E-state index >= 15 is 0 Å². The summed E-state index contributed by atoms with van der Waals surface area (Å²) in [6, 6.07) is 18.5. The highest BCUT2D eigenvalue weighted by atomic mass is 32.2. The number of rotatable bonds is 7. The Morgan fingerprint density at radius 2 is 2.03 bits per heavy atom. The lowest BCUT2D eigenvalue weighted by Gasteiger charge is -2.30. The molecule has 1 atom stereocenters. The van der Waals surface area contributed by atoms with E-state index in [2.05, 4.69) is 15.5 Å². The van der Waals surface area contributed by atoms with E-state index in [0.29, 0.717) is 34.6 Å². The number of fused-ring (bicyclic) bond motifs is 1. The van der Waals surface area contributed by atoms with Crippen LogP contribution in [0.4, 0.5) is 11.4 Å². The second-order valence-electron chi connectivity index (χ2n) is 7.95. The second-order valence-corrected chi connectivity index (χ2v) is 9.26. The first kappa shape index (κ1) is 22.7. The molecule has 1 aliphatic rings. The van der Waals surface area contributed by atoms with Crippen molar-refractivity contribution in [3.05, 3.63) is 72.7 Å². The van der Waals surface area contributed by atoms with Gasteiger partial charge in [0, 0.05) is 5.56 Å². The largest absolute Gasteiger partial charge is 0.497 e. The van der Waals surface area contributed by atoms with E-state index in [1.165, 1.54) is 16.7 Å². The van der Waals surface area contributed by atoms with Gasteiger partial charge in [-0.1, -0.05) is 36.0 Å². The molecular weight excluding hydrogens is 466 g/mol. The SMILES string of the molecule is COc1cccc(-c2nnc(SC(C)C(=O)N3CC(=O)Nc4ccccc43)n2Cc2ccco2)c1. The number of methoxy groups -OCH3 is 1. The average Bonchev–Trinajstić information content (AvgIpc) is 3.53. The van der Waals surface area contributed by atoms with Crippen LogP contribution in [-0.4, -0.2) is 45.5 Å². The number of hydrogen-bond acceptors (Lipinski definition) is 7. The number of aromatic nitrogens is 3. The summed E-state index contributed by atoms with van der Waals surface area (Å²) in [5.41, 5.74) is 2.13. The van der Waals surface area contributed by atoms with Crippen molar-refractivity contribution < 1.29 is 18.7 Å². The number of nitrogens with zero attached hydrogens (tertiary/aromatic N) is 4. The third-order valence-electron chi connectivity index (χ3n) is 5.61. The van der Waals surface area contributed by atoms with Crippen LogP contribution in [0.25, 0.3) is 11.4 Å². The molecule has 0 aliphatic carbocycles. The molecule has 2 amide bonds. The normalized spacial score (nSPS) is 13.8. The fraction of sp³-hybridized carbons (Fsp3) is 0.200. The molecule has 1 N–H and O–H groups in total. The average molecular weight is 490 g/mol. The van der Waals surface area contributed by atoms with Crippen LogP contribution in [-0.2, 0) is 16.1 Å². The first-order valence-electron chi connectivity index (χ1n) is 11.0. The molecule has 3 heterocycles. The van der Waals surface area contributed by atoms with Crippen molar-refractivity contribution in [3.8, 4) is 17.1 Å². The number of furan rings is 1. The molecular formula is C25H23N5O4S. The molecule has 4 aromatic rings. The number of carbonyl (C=O) groups excluding carboxylic acids is 2. The Balaban J connectivity index is 1.45. The number of hydrogen-bond donors (Lipinski definition) is 1. The lowest BCUT2D eigenvalue weighted by Crippen LogP contribution is -2.45. The van der Waals surface area contributed by atoms with Crippen LogP contribution in [0, 0.1) is 0 Å². The van der Waals surface area contributed by atoms with Crippen LogP contribution >= 0.6 is 11.8 Å². The third kappa shape index (κ3) is 4.65. The zero-order valence-electron chi connectivity index (χ0n) is 19.2. The van der Waals surface area contributed by atoms with Gasteiger partial charge >= 0.3 is 0 Å². The van der Waals surface area contributed by atoms with Crippen molar-refractivity contribution in [2.75, 3.05) is 23.9 Å². The Bertz CT molecular complexity index is 1370. The van der Waals surface area contributed by atoms with Crippen molar-refractivity contribution in [3.63, 3.8) is 0 Å². The molecule has 10 heteroatoms. The Morgan fingerprint density at radius 1 is 1.17 bits per heavy atom. The van der Waals surface area contributed by atoms with Crippen LogP contribution in [0.2, 0.25) is 0 Å². The summed E-state index contributed by atoms with van der Waals surface area (Å²) in [5, 5.41) is 11.7. The number of thioether (sulfide) groups is 1. The molecule has 1 aliphatic heterocycles. The maximum Gasteiger partial charge on any atom is 0.244 e. The van der Waals surface area contributed by atoms with Gasteiger partial charge in [-0.3, -0.25) is 19.1 Å². The summed E-state index contributed by atoms with van der Waals surface area (Å²) in [6.45, 7) is 2.17. The maximum atomic E-state index is 13.4. The van der Waals surface area contributed by atoms with Crippen molar-refractivity contribution >= 4 is 35.0 Å². The standard InChI is InChI=1S/C25H23N5O4S/c1-16(24(32)29-15-22(31)26-20-10-3-4-11-21(20)29)35-25-28-27-23(17-7-5-8-18(13-17)33-2)30(25)14-19-9-6-12-34-19/h3-13,16H,14-15H2,1-2H3,(H,26,31). The highest BCUT2D eigenvalue weighted by Gasteiger charge is 2.31. The quantitative estimate of drug-likeness (QED) is 0.391. The van der Waals surface area contributed by atoms with Crippen LogP contribution < -0.4 is 15.0 Å². The molecule has 1 unspecified atom stereocenters. The molecule has 0 fully saturated rings. The molecule has 0 spiro atoms. The van der Waals surface area contributed by atoms with E-state index < -0.39 is 5.25 Å². The number of para-hydroxylation sites is 2. The Morgan fingerprint density at radius 3 is 2.83 bits per heavy atom. The molecule has 5 rings (SSSR count). The molecule has 178 valence electrons. The second kappa shape index (κ2) is 9.67. The van der Waals surface area contributed by atoms with Gasteiger partial charge in [-0.05, 0) is 43.3 Å². The lowest BCUT2D eigenvalue weighted by atomic mass is 10.2. The van der Waals surface area contributed by atoms with Crippen LogP contribution in [0.15, 0.2) is 76.5 Å². The summed E-state index contributed by atoms with van der Waals surface area (Å²) in [4.78, 5) is 27.2. The van der Waals surface area contributed by atoms with Gasteiger partial charge in [0.1, 0.15) is 18.1 Å². The van der Waals surface area contributed by atoms with Crippen LogP contribution in [0.3, 0.4) is 0 Å². The Kier molecular flexibility index (Phi) is 6.28. The minimum atomic E-state index is -0.522. The summed E-state index contributed by atoms with van der Waals surface area (Å²) < 4.78 is 12.8. The van der Waals surface area contributed by atoms with E-state index in [1.54, 1.807) is 26.4 Å². The monoisotopic (exact) mass is 489 g/mol. The Labute approximate surface area is 206 Å². The van der Waals surface area contributed by atoms with Gasteiger partial charge in [-0.2, -0.15) is 0 Å². The van der Waals surface area contributed by atoms with E-state index in [1.807, 2.05) is 59.2 Å². The van der Waals surface area contributed by atoms with Crippen molar-refractivity contribution in [1.29, 1.82) is 0 Å². The predicted molar refractivity (Wildman–Crippen MR) is 133 cm³/mol. The molecule has 0 bridgehead atoms. The number of benzene rings is 2. The van der Waals surface area contributed by atoms with Gasteiger partial charge in [0.05, 0.1) is 36.5 Å². The molecule has 2 aromatic heterocycles. The van der Waals surface area contributed by atoms with Gasteiger partial charge in [-0.15, -0.1) is 10.2 Å². The van der Waals surface area contributed by atoms with Crippen molar-refractivity contribution in [2.24, 2.45) is 0 Å². The van der Waals surface area contributed by atoms with Crippen molar-refractivity contribution in [1.82, 2.24) is 14.8 Å². The first-order valence-corrected chi connectivity index (χ1v) is 11.9. The maximum absolute atomic E-state index is 13.4. The van der Waals surface area contributed by atoms with Gasteiger partial charge in [0.25, 0.3) is 0 Å². The fourth-order valence-electron chi connectivity index (χ4n) is 3.91. The minimum absolute atomic E-state index is 0.0328. The Hall–Kier alpha value is -4.05. The predicted octanol–water partition coefficient (Wildman–Crippen LogP) is 4.06. The molecule has 0 radical (unpaired) electrons. The number of amides is 2. The molecule has 9 nitrogen and oxygen atoms in total. The van der Waals surface area contributed by atoms with Crippen molar-refractivity contribution in [2.45, 2.75) is 23.9 Å². The third-order valence-corrected chi connectivity index (χ3v) is 6.67. The molecule has 0 saturated heterocycles. The smallest absolute Gasteiger partial charge is 0.244 e. The molecule has 35 heavy (non-hydrogen) atoms. The summed E-state index contributed by atoms with van der Waals surface area (Å²) in [7, 11) is 1.61. The number of carbonyl (C=O) groups is 2. The van der Waals surface area contributed by atoms with E-state index in [4.69, 9.17) is 9.15 Å². The topological polar surface area (TPSA) is 102 Å². The zero-order chi connectivity index (χ0) is 24.4. The fourth-order valence-corrected chi connectivity index (χ4v) is 4.82. The minimum Gasteiger partial charge on any atom is -0.497 e. The highest BCUT2D eigenvalue weighted by molar-refractivity contribution is 8.00. The highest BCUT2D eigenvalue weighted by Crippen LogP contribution is 2.33. The van der Waals surface area contributed by atoms with E-state index in [0.717, 1.165) is 11.3 Å². The first-order chi connectivity index (χ1) is 17.0. The van der Waals surface area contributed by atoms with Gasteiger partial charge in [0.2, 0.25) is 11.8 Å². The molecule has 0 saturated carbocycles. The lowest BCUT2D eigenvalue weighted by molar-refractivity contribution is -0.121. The van der Waals surface area contributed by atoms with Crippen LogP contribution in [0.1, 0.15) is 12.7 Å². The summed E-state index contributed by atoms with van der Waals surface area (Å²) in [5.74, 6) is 1.65. The summed E-state index contributed by atoms with van der Waals surface area (Å²) >= 11 is 1.29. The number of anilines is 2. The van der Waals surface area contributed by atoms with E-state index in [-0.39, 0.29) is 18.4 Å². The van der Waals surface area contributed by atoms with Gasteiger partial charge < -0.3 is 14.5 Å². The number of nitrogens with one attached hydrogen (secondary N) is 1.